The molecule has 0 fully saturated rings. The minimum absolute atomic E-state index is 0.0252. The van der Waals surface area contributed by atoms with Crippen LogP contribution in [-0.4, -0.2) is 30.1 Å². The molecule has 27 heavy (non-hydrogen) atoms. The summed E-state index contributed by atoms with van der Waals surface area (Å²) in [7, 11) is 2.88. The molecular weight excluding hydrogens is 348 g/mol. The predicted octanol–water partition coefficient (Wildman–Crippen LogP) is 4.12. The molecule has 0 bridgehead atoms. The van der Waals surface area contributed by atoms with E-state index in [0.29, 0.717) is 16.8 Å². The molecule has 0 radical (unpaired) electrons. The van der Waals surface area contributed by atoms with Crippen LogP contribution in [-0.2, 0) is 4.74 Å². The van der Waals surface area contributed by atoms with Gasteiger partial charge in [-0.1, -0.05) is 0 Å². The Bertz CT molecular complexity index is 982. The van der Waals surface area contributed by atoms with E-state index in [1.165, 1.54) is 25.4 Å². The molecule has 3 aromatic rings. The number of aromatic nitrogens is 1. The van der Waals surface area contributed by atoms with Crippen molar-refractivity contribution in [1.29, 1.82) is 0 Å². The number of carbonyl (C=O) groups is 1. The van der Waals surface area contributed by atoms with Crippen LogP contribution in [0.5, 0.6) is 5.75 Å². The van der Waals surface area contributed by atoms with E-state index < -0.39 is 10.9 Å². The highest BCUT2D eigenvalue weighted by Crippen LogP contribution is 2.30. The first kappa shape index (κ1) is 18.1. The number of ether oxygens (including phenoxy) is 2. The van der Waals surface area contributed by atoms with E-state index in [0.717, 1.165) is 11.3 Å². The summed E-state index contributed by atoms with van der Waals surface area (Å²) in [4.78, 5) is 26.9. The fourth-order valence-corrected chi connectivity index (χ4v) is 2.65. The van der Waals surface area contributed by atoms with Crippen molar-refractivity contribution in [2.45, 2.75) is 0 Å². The summed E-state index contributed by atoms with van der Waals surface area (Å²) in [6.45, 7) is 0. The zero-order valence-corrected chi connectivity index (χ0v) is 14.7. The lowest BCUT2D eigenvalue weighted by molar-refractivity contribution is -0.384. The topological polar surface area (TPSA) is 91.6 Å². The molecule has 0 unspecified atom stereocenters. The van der Waals surface area contributed by atoms with E-state index >= 15 is 0 Å². The Kier molecular flexibility index (Phi) is 5.12. The summed E-state index contributed by atoms with van der Waals surface area (Å²) >= 11 is 0. The van der Waals surface area contributed by atoms with E-state index in [4.69, 9.17) is 9.47 Å². The number of nitro groups is 1. The lowest BCUT2D eigenvalue weighted by Gasteiger charge is -2.11. The Balaban J connectivity index is 2.10. The smallest absolute Gasteiger partial charge is 0.340 e. The summed E-state index contributed by atoms with van der Waals surface area (Å²) in [5.41, 5.74) is 2.98. The van der Waals surface area contributed by atoms with Gasteiger partial charge in [-0.25, -0.2) is 4.79 Å². The van der Waals surface area contributed by atoms with Crippen LogP contribution in [0.25, 0.3) is 22.4 Å². The molecule has 0 saturated heterocycles. The molecule has 0 aliphatic rings. The van der Waals surface area contributed by atoms with Crippen LogP contribution in [0.4, 0.5) is 5.69 Å². The van der Waals surface area contributed by atoms with Gasteiger partial charge in [0.1, 0.15) is 5.75 Å². The Labute approximate surface area is 155 Å². The third-order valence-electron chi connectivity index (χ3n) is 4.08. The normalized spacial score (nSPS) is 10.3. The van der Waals surface area contributed by atoms with E-state index in [9.17, 15) is 14.9 Å². The number of nitrogens with zero attached hydrogens (tertiary/aromatic N) is 2. The molecular formula is C20H16N2O5. The summed E-state index contributed by atoms with van der Waals surface area (Å²) < 4.78 is 9.99. The number of hydrogen-bond acceptors (Lipinski definition) is 6. The quantitative estimate of drug-likeness (QED) is 0.384. The van der Waals surface area contributed by atoms with Crippen molar-refractivity contribution >= 4 is 11.7 Å². The third-order valence-corrected chi connectivity index (χ3v) is 4.08. The van der Waals surface area contributed by atoms with Crippen LogP contribution in [0.15, 0.2) is 60.8 Å². The van der Waals surface area contributed by atoms with Crippen LogP contribution in [0.1, 0.15) is 10.4 Å². The van der Waals surface area contributed by atoms with Gasteiger partial charge in [0.2, 0.25) is 0 Å². The number of nitro benzene ring substituents is 1. The highest BCUT2D eigenvalue weighted by molar-refractivity contribution is 5.97. The summed E-state index contributed by atoms with van der Waals surface area (Å²) in [6, 6.07) is 15.1. The largest absolute Gasteiger partial charge is 0.497 e. The van der Waals surface area contributed by atoms with Crippen molar-refractivity contribution < 1.29 is 19.2 Å². The standard InChI is InChI=1S/C20H16N2O5/c1-26-16-9-5-14(6-10-16)19-11-17(18(12-21-19)20(23)27-2)13-3-7-15(8-4-13)22(24)25/h3-12H,1-2H3. The van der Waals surface area contributed by atoms with Crippen LogP contribution < -0.4 is 4.74 Å². The molecule has 1 heterocycles. The monoisotopic (exact) mass is 364 g/mol. The molecule has 7 nitrogen and oxygen atoms in total. The second kappa shape index (κ2) is 7.65. The molecule has 136 valence electrons. The van der Waals surface area contributed by atoms with E-state index in [2.05, 4.69) is 4.98 Å². The van der Waals surface area contributed by atoms with Crippen molar-refractivity contribution in [3.05, 3.63) is 76.5 Å². The van der Waals surface area contributed by atoms with Gasteiger partial charge in [-0.2, -0.15) is 0 Å². The average Bonchev–Trinajstić information content (AvgIpc) is 2.73. The van der Waals surface area contributed by atoms with Crippen molar-refractivity contribution in [2.75, 3.05) is 14.2 Å². The number of methoxy groups -OCH3 is 2. The van der Waals surface area contributed by atoms with Gasteiger partial charge in [-0.15, -0.1) is 0 Å². The molecule has 0 aliphatic heterocycles. The molecule has 0 N–H and O–H groups in total. The fraction of sp³-hybridized carbons (Fsp3) is 0.100. The molecule has 0 aliphatic carbocycles. The molecule has 7 heteroatoms. The molecule has 2 aromatic carbocycles. The Morgan fingerprint density at radius 1 is 1.00 bits per heavy atom. The van der Waals surface area contributed by atoms with Gasteiger partial charge in [0.05, 0.1) is 30.4 Å². The van der Waals surface area contributed by atoms with Crippen molar-refractivity contribution in [2.24, 2.45) is 0 Å². The van der Waals surface area contributed by atoms with E-state index in [-0.39, 0.29) is 11.3 Å². The van der Waals surface area contributed by atoms with Crippen molar-refractivity contribution in [1.82, 2.24) is 4.98 Å². The van der Waals surface area contributed by atoms with Gasteiger partial charge in [0, 0.05) is 23.9 Å². The summed E-state index contributed by atoms with van der Waals surface area (Å²) in [5.74, 6) is 0.192. The minimum Gasteiger partial charge on any atom is -0.497 e. The number of non-ortho nitro benzene ring substituents is 1. The van der Waals surface area contributed by atoms with Gasteiger partial charge in [0.15, 0.2) is 0 Å². The molecule has 0 amide bonds. The highest BCUT2D eigenvalue weighted by Gasteiger charge is 2.17. The lowest BCUT2D eigenvalue weighted by Crippen LogP contribution is -2.05. The maximum atomic E-state index is 12.1. The molecule has 1 aromatic heterocycles. The first-order valence-electron chi connectivity index (χ1n) is 8.01. The van der Waals surface area contributed by atoms with Gasteiger partial charge in [-0.3, -0.25) is 15.1 Å². The lowest BCUT2D eigenvalue weighted by atomic mass is 9.98. The molecule has 0 atom stereocenters. The van der Waals surface area contributed by atoms with Crippen LogP contribution in [0.3, 0.4) is 0 Å². The molecule has 0 saturated carbocycles. The number of carbonyl (C=O) groups excluding carboxylic acids is 1. The zero-order valence-electron chi connectivity index (χ0n) is 14.7. The summed E-state index contributed by atoms with van der Waals surface area (Å²) in [6.07, 6.45) is 1.45. The zero-order chi connectivity index (χ0) is 19.4. The minimum atomic E-state index is -0.530. The first-order valence-corrected chi connectivity index (χ1v) is 8.01. The number of benzene rings is 2. The number of esters is 1. The number of rotatable bonds is 5. The van der Waals surface area contributed by atoms with E-state index in [1.54, 1.807) is 25.3 Å². The second-order valence-electron chi connectivity index (χ2n) is 5.64. The Morgan fingerprint density at radius 3 is 2.19 bits per heavy atom. The SMILES string of the molecule is COC(=O)c1cnc(-c2ccc(OC)cc2)cc1-c1ccc([N+](=O)[O-])cc1. The van der Waals surface area contributed by atoms with Crippen molar-refractivity contribution in [3.8, 4) is 28.1 Å². The first-order chi connectivity index (χ1) is 13.0. The Morgan fingerprint density at radius 2 is 1.63 bits per heavy atom. The van der Waals surface area contributed by atoms with Crippen LogP contribution >= 0.6 is 0 Å². The number of hydrogen-bond donors (Lipinski definition) is 0. The second-order valence-corrected chi connectivity index (χ2v) is 5.64. The van der Waals surface area contributed by atoms with Crippen LogP contribution in [0.2, 0.25) is 0 Å². The average molecular weight is 364 g/mol. The predicted molar refractivity (Wildman–Crippen MR) is 99.7 cm³/mol. The van der Waals surface area contributed by atoms with E-state index in [1.807, 2.05) is 24.3 Å². The molecule has 0 spiro atoms. The van der Waals surface area contributed by atoms with Gasteiger partial charge in [0.25, 0.3) is 5.69 Å². The van der Waals surface area contributed by atoms with Crippen molar-refractivity contribution in [3.63, 3.8) is 0 Å². The highest BCUT2D eigenvalue weighted by atomic mass is 16.6. The maximum Gasteiger partial charge on any atom is 0.340 e. The maximum absolute atomic E-state index is 12.1. The Hall–Kier alpha value is -3.74. The molecule has 3 rings (SSSR count). The number of pyridine rings is 1. The summed E-state index contributed by atoms with van der Waals surface area (Å²) in [5, 5.41) is 10.9. The van der Waals surface area contributed by atoms with Crippen LogP contribution in [0, 0.1) is 10.1 Å². The van der Waals surface area contributed by atoms with Gasteiger partial charge >= 0.3 is 5.97 Å². The van der Waals surface area contributed by atoms with Gasteiger partial charge < -0.3 is 9.47 Å². The fourth-order valence-electron chi connectivity index (χ4n) is 2.65. The third kappa shape index (κ3) is 3.77. The van der Waals surface area contributed by atoms with Gasteiger partial charge in [-0.05, 0) is 53.6 Å².